The Morgan fingerprint density at radius 3 is 2.60 bits per heavy atom. The minimum Gasteiger partial charge on any atom is -0.497 e. The minimum absolute atomic E-state index is 0.00259. The maximum absolute atomic E-state index is 12.8. The van der Waals surface area contributed by atoms with E-state index in [2.05, 4.69) is 5.32 Å². The molecule has 2 rings (SSSR count). The number of halogens is 3. The van der Waals surface area contributed by atoms with Crippen LogP contribution in [0.4, 0.5) is 13.2 Å². The van der Waals surface area contributed by atoms with Crippen LogP contribution in [-0.2, 0) is 6.54 Å². The van der Waals surface area contributed by atoms with Crippen LogP contribution in [0.1, 0.15) is 5.56 Å². The molecule has 1 aliphatic heterocycles. The number of rotatable bonds is 3. The van der Waals surface area contributed by atoms with Crippen LogP contribution in [0.15, 0.2) is 24.3 Å². The Hall–Kier alpha value is -1.27. The SMILES string of the molecule is COc1ccc(CN2CCNCC(C(F)(F)F)C2)cc1. The maximum atomic E-state index is 12.8. The topological polar surface area (TPSA) is 24.5 Å². The van der Waals surface area contributed by atoms with E-state index in [9.17, 15) is 13.2 Å². The van der Waals surface area contributed by atoms with Gasteiger partial charge in [-0.25, -0.2) is 0 Å². The van der Waals surface area contributed by atoms with Gasteiger partial charge in [-0.05, 0) is 17.7 Å². The first-order valence-corrected chi connectivity index (χ1v) is 6.62. The first-order chi connectivity index (χ1) is 9.49. The molecule has 1 aromatic rings. The molecular formula is C14H19F3N2O. The van der Waals surface area contributed by atoms with E-state index >= 15 is 0 Å². The molecule has 0 saturated carbocycles. The van der Waals surface area contributed by atoms with Gasteiger partial charge >= 0.3 is 6.18 Å². The van der Waals surface area contributed by atoms with Crippen molar-refractivity contribution in [3.8, 4) is 5.75 Å². The summed E-state index contributed by atoms with van der Waals surface area (Å²) in [6, 6.07) is 7.43. The Bertz CT molecular complexity index is 419. The summed E-state index contributed by atoms with van der Waals surface area (Å²) in [5.74, 6) is -0.553. The van der Waals surface area contributed by atoms with Gasteiger partial charge in [0.2, 0.25) is 0 Å². The quantitative estimate of drug-likeness (QED) is 0.923. The molecule has 0 radical (unpaired) electrons. The van der Waals surface area contributed by atoms with Crippen molar-refractivity contribution in [2.24, 2.45) is 5.92 Å². The molecule has 1 heterocycles. The van der Waals surface area contributed by atoms with E-state index in [0.717, 1.165) is 11.3 Å². The normalized spacial score (nSPS) is 21.5. The summed E-state index contributed by atoms with van der Waals surface area (Å²) < 4.78 is 43.6. The molecule has 3 nitrogen and oxygen atoms in total. The second-order valence-electron chi connectivity index (χ2n) is 5.03. The molecule has 1 unspecified atom stereocenters. The highest BCUT2D eigenvalue weighted by molar-refractivity contribution is 5.27. The predicted octanol–water partition coefficient (Wildman–Crippen LogP) is 2.28. The van der Waals surface area contributed by atoms with Crippen molar-refractivity contribution < 1.29 is 17.9 Å². The molecule has 1 N–H and O–H groups in total. The van der Waals surface area contributed by atoms with Gasteiger partial charge in [-0.2, -0.15) is 13.2 Å². The van der Waals surface area contributed by atoms with Gasteiger partial charge < -0.3 is 10.1 Å². The fraction of sp³-hybridized carbons (Fsp3) is 0.571. The van der Waals surface area contributed by atoms with E-state index in [-0.39, 0.29) is 13.1 Å². The van der Waals surface area contributed by atoms with Crippen LogP contribution < -0.4 is 10.1 Å². The molecule has 20 heavy (non-hydrogen) atoms. The lowest BCUT2D eigenvalue weighted by Crippen LogP contribution is -2.37. The average molecular weight is 288 g/mol. The van der Waals surface area contributed by atoms with Crippen LogP contribution in [0.25, 0.3) is 0 Å². The highest BCUT2D eigenvalue weighted by atomic mass is 19.4. The average Bonchev–Trinajstić information content (AvgIpc) is 2.65. The summed E-state index contributed by atoms with van der Waals surface area (Å²) in [5, 5.41) is 2.86. The van der Waals surface area contributed by atoms with Gasteiger partial charge in [-0.1, -0.05) is 12.1 Å². The molecule has 1 saturated heterocycles. The van der Waals surface area contributed by atoms with Crippen molar-refractivity contribution in [2.45, 2.75) is 12.7 Å². The summed E-state index contributed by atoms with van der Waals surface area (Å²) in [7, 11) is 1.59. The van der Waals surface area contributed by atoms with Crippen LogP contribution in [0.2, 0.25) is 0 Å². The van der Waals surface area contributed by atoms with Gasteiger partial charge in [-0.15, -0.1) is 0 Å². The Morgan fingerprint density at radius 2 is 2.00 bits per heavy atom. The van der Waals surface area contributed by atoms with Gasteiger partial charge in [0.25, 0.3) is 0 Å². The first kappa shape index (κ1) is 15.1. The second kappa shape index (κ2) is 6.45. The highest BCUT2D eigenvalue weighted by Gasteiger charge is 2.40. The first-order valence-electron chi connectivity index (χ1n) is 6.62. The van der Waals surface area contributed by atoms with Crippen LogP contribution in [0.5, 0.6) is 5.75 Å². The molecule has 6 heteroatoms. The van der Waals surface area contributed by atoms with E-state index in [1.807, 2.05) is 29.2 Å². The van der Waals surface area contributed by atoms with Gasteiger partial charge in [-0.3, -0.25) is 4.90 Å². The largest absolute Gasteiger partial charge is 0.497 e. The molecule has 1 fully saturated rings. The van der Waals surface area contributed by atoms with Crippen LogP contribution in [0, 0.1) is 5.92 Å². The number of nitrogens with zero attached hydrogens (tertiary/aromatic N) is 1. The summed E-state index contributed by atoms with van der Waals surface area (Å²) in [6.07, 6.45) is -4.14. The minimum atomic E-state index is -4.14. The molecule has 1 atom stereocenters. The molecule has 0 spiro atoms. The maximum Gasteiger partial charge on any atom is 0.394 e. The van der Waals surface area contributed by atoms with Crippen molar-refractivity contribution in [3.05, 3.63) is 29.8 Å². The number of hydrogen-bond donors (Lipinski definition) is 1. The second-order valence-corrected chi connectivity index (χ2v) is 5.03. The lowest BCUT2D eigenvalue weighted by Gasteiger charge is -2.25. The van der Waals surface area contributed by atoms with E-state index in [1.54, 1.807) is 7.11 Å². The molecule has 112 valence electrons. The van der Waals surface area contributed by atoms with E-state index in [1.165, 1.54) is 0 Å². The van der Waals surface area contributed by atoms with E-state index < -0.39 is 12.1 Å². The molecule has 0 bridgehead atoms. The van der Waals surface area contributed by atoms with Crippen molar-refractivity contribution in [1.29, 1.82) is 0 Å². The van der Waals surface area contributed by atoms with Crippen molar-refractivity contribution in [1.82, 2.24) is 10.2 Å². The van der Waals surface area contributed by atoms with E-state index in [0.29, 0.717) is 19.6 Å². The lowest BCUT2D eigenvalue weighted by molar-refractivity contribution is -0.176. The third-order valence-corrected chi connectivity index (χ3v) is 3.50. The molecule has 0 aromatic heterocycles. The Kier molecular flexibility index (Phi) is 4.88. The Balaban J connectivity index is 1.99. The number of benzene rings is 1. The molecular weight excluding hydrogens is 269 g/mol. The highest BCUT2D eigenvalue weighted by Crippen LogP contribution is 2.27. The monoisotopic (exact) mass is 288 g/mol. The summed E-state index contributed by atoms with van der Waals surface area (Å²) in [6.45, 7) is 1.78. The van der Waals surface area contributed by atoms with Gasteiger partial charge in [0.15, 0.2) is 0 Å². The summed E-state index contributed by atoms with van der Waals surface area (Å²) >= 11 is 0. The molecule has 0 aliphatic carbocycles. The zero-order valence-electron chi connectivity index (χ0n) is 11.4. The fourth-order valence-electron chi connectivity index (χ4n) is 2.33. The smallest absolute Gasteiger partial charge is 0.394 e. The summed E-state index contributed by atoms with van der Waals surface area (Å²) in [5.41, 5.74) is 0.994. The molecule has 0 amide bonds. The standard InChI is InChI=1S/C14H19F3N2O/c1-20-13-4-2-11(3-5-13)9-19-7-6-18-8-12(10-19)14(15,16)17/h2-5,12,18H,6-10H2,1H3. The fourth-order valence-corrected chi connectivity index (χ4v) is 2.33. The zero-order chi connectivity index (χ0) is 14.6. The van der Waals surface area contributed by atoms with Crippen molar-refractivity contribution >= 4 is 0 Å². The van der Waals surface area contributed by atoms with Gasteiger partial charge in [0.1, 0.15) is 5.75 Å². The third kappa shape index (κ3) is 4.11. The number of hydrogen-bond acceptors (Lipinski definition) is 3. The molecule has 1 aromatic carbocycles. The van der Waals surface area contributed by atoms with Crippen molar-refractivity contribution in [2.75, 3.05) is 33.3 Å². The number of nitrogens with one attached hydrogen (secondary N) is 1. The Labute approximate surface area is 116 Å². The lowest BCUT2D eigenvalue weighted by atomic mass is 10.1. The van der Waals surface area contributed by atoms with Crippen LogP contribution in [-0.4, -0.2) is 44.4 Å². The van der Waals surface area contributed by atoms with Gasteiger partial charge in [0.05, 0.1) is 13.0 Å². The number of alkyl halides is 3. The predicted molar refractivity (Wildman–Crippen MR) is 70.7 cm³/mol. The zero-order valence-corrected chi connectivity index (χ0v) is 11.4. The Morgan fingerprint density at radius 1 is 1.30 bits per heavy atom. The van der Waals surface area contributed by atoms with Crippen molar-refractivity contribution in [3.63, 3.8) is 0 Å². The third-order valence-electron chi connectivity index (χ3n) is 3.50. The van der Waals surface area contributed by atoms with Crippen LogP contribution in [0.3, 0.4) is 0 Å². The number of ether oxygens (including phenoxy) is 1. The van der Waals surface area contributed by atoms with Gasteiger partial charge in [0, 0.05) is 32.7 Å². The molecule has 1 aliphatic rings. The number of methoxy groups -OCH3 is 1. The van der Waals surface area contributed by atoms with E-state index in [4.69, 9.17) is 4.74 Å². The summed E-state index contributed by atoms with van der Waals surface area (Å²) in [4.78, 5) is 1.85. The van der Waals surface area contributed by atoms with Crippen LogP contribution >= 0.6 is 0 Å².